The summed E-state index contributed by atoms with van der Waals surface area (Å²) in [6.07, 6.45) is 9.68. The third-order valence-corrected chi connectivity index (χ3v) is 3.88. The van der Waals surface area contributed by atoms with Gasteiger partial charge < -0.3 is 10.6 Å². The number of hydrogen-bond donors (Lipinski definition) is 1. The molecule has 21 heavy (non-hydrogen) atoms. The van der Waals surface area contributed by atoms with Crippen molar-refractivity contribution < 1.29 is 4.39 Å². The number of unbranched alkanes of at least 4 members (excludes halogenated alkanes) is 6. The zero-order valence-electron chi connectivity index (χ0n) is 13.7. The SMILES string of the molecule is CCCCCCN(CCCCCC)c1ccc(N)cc1F. The molecule has 0 aliphatic carbocycles. The highest BCUT2D eigenvalue weighted by atomic mass is 19.1. The molecule has 1 aromatic rings. The van der Waals surface area contributed by atoms with Gasteiger partial charge in [-0.05, 0) is 31.0 Å². The molecule has 0 aliphatic heterocycles. The normalized spacial score (nSPS) is 10.8. The Morgan fingerprint density at radius 1 is 0.905 bits per heavy atom. The van der Waals surface area contributed by atoms with Crippen LogP contribution in [0.1, 0.15) is 65.2 Å². The highest BCUT2D eigenvalue weighted by Gasteiger charge is 2.11. The Labute approximate surface area is 129 Å². The molecule has 0 aromatic heterocycles. The molecular formula is C18H31FN2. The van der Waals surface area contributed by atoms with E-state index in [-0.39, 0.29) is 5.82 Å². The third kappa shape index (κ3) is 6.83. The quantitative estimate of drug-likeness (QED) is 0.439. The first-order valence-corrected chi connectivity index (χ1v) is 8.49. The molecule has 120 valence electrons. The van der Waals surface area contributed by atoms with E-state index in [1.807, 2.05) is 6.07 Å². The lowest BCUT2D eigenvalue weighted by Gasteiger charge is -2.25. The number of hydrogen-bond acceptors (Lipinski definition) is 2. The summed E-state index contributed by atoms with van der Waals surface area (Å²) >= 11 is 0. The van der Waals surface area contributed by atoms with Gasteiger partial charge >= 0.3 is 0 Å². The molecule has 1 aromatic carbocycles. The zero-order valence-corrected chi connectivity index (χ0v) is 13.7. The summed E-state index contributed by atoms with van der Waals surface area (Å²) in [5.41, 5.74) is 6.85. The van der Waals surface area contributed by atoms with Gasteiger partial charge in [-0.2, -0.15) is 0 Å². The maximum atomic E-state index is 14.1. The molecule has 0 saturated carbocycles. The Hall–Kier alpha value is -1.25. The van der Waals surface area contributed by atoms with Gasteiger partial charge in [-0.25, -0.2) is 4.39 Å². The van der Waals surface area contributed by atoms with E-state index in [1.165, 1.54) is 44.6 Å². The Morgan fingerprint density at radius 3 is 1.95 bits per heavy atom. The first-order valence-electron chi connectivity index (χ1n) is 8.49. The fraction of sp³-hybridized carbons (Fsp3) is 0.667. The number of halogens is 1. The summed E-state index contributed by atoms with van der Waals surface area (Å²) in [6, 6.07) is 5.05. The van der Waals surface area contributed by atoms with Crippen molar-refractivity contribution in [2.45, 2.75) is 65.2 Å². The maximum Gasteiger partial charge on any atom is 0.148 e. The van der Waals surface area contributed by atoms with Gasteiger partial charge in [-0.3, -0.25) is 0 Å². The summed E-state index contributed by atoms with van der Waals surface area (Å²) < 4.78 is 14.1. The summed E-state index contributed by atoms with van der Waals surface area (Å²) in [4.78, 5) is 2.19. The minimum Gasteiger partial charge on any atom is -0.399 e. The molecular weight excluding hydrogens is 263 g/mol. The second kappa shape index (κ2) is 10.5. The molecule has 0 spiro atoms. The van der Waals surface area contributed by atoms with Gasteiger partial charge in [-0.15, -0.1) is 0 Å². The summed E-state index contributed by atoms with van der Waals surface area (Å²) in [6.45, 7) is 6.30. The smallest absolute Gasteiger partial charge is 0.148 e. The fourth-order valence-electron chi connectivity index (χ4n) is 2.59. The Balaban J connectivity index is 2.60. The van der Waals surface area contributed by atoms with Gasteiger partial charge in [0.1, 0.15) is 5.82 Å². The Morgan fingerprint density at radius 2 is 1.48 bits per heavy atom. The van der Waals surface area contributed by atoms with E-state index in [0.29, 0.717) is 11.4 Å². The summed E-state index contributed by atoms with van der Waals surface area (Å²) in [5.74, 6) is -0.194. The first kappa shape index (κ1) is 17.8. The van der Waals surface area contributed by atoms with Crippen LogP contribution in [-0.2, 0) is 0 Å². The van der Waals surface area contributed by atoms with E-state index in [1.54, 1.807) is 6.07 Å². The zero-order chi connectivity index (χ0) is 15.5. The topological polar surface area (TPSA) is 29.3 Å². The molecule has 0 atom stereocenters. The molecule has 0 unspecified atom stereocenters. The van der Waals surface area contributed by atoms with Crippen molar-refractivity contribution in [1.29, 1.82) is 0 Å². The van der Waals surface area contributed by atoms with Crippen molar-refractivity contribution in [3.8, 4) is 0 Å². The van der Waals surface area contributed by atoms with E-state index in [9.17, 15) is 4.39 Å². The third-order valence-electron chi connectivity index (χ3n) is 3.88. The highest BCUT2D eigenvalue weighted by Crippen LogP contribution is 2.23. The second-order valence-corrected chi connectivity index (χ2v) is 5.82. The Bertz CT molecular complexity index is 381. The molecule has 0 fully saturated rings. The molecule has 1 rings (SSSR count). The van der Waals surface area contributed by atoms with Gasteiger partial charge in [0.05, 0.1) is 5.69 Å². The van der Waals surface area contributed by atoms with E-state index < -0.39 is 0 Å². The number of benzene rings is 1. The Kier molecular flexibility index (Phi) is 8.88. The van der Waals surface area contributed by atoms with Crippen LogP contribution in [0.3, 0.4) is 0 Å². The molecule has 0 aliphatic rings. The number of rotatable bonds is 11. The van der Waals surface area contributed by atoms with Gasteiger partial charge in [0.2, 0.25) is 0 Å². The monoisotopic (exact) mass is 294 g/mol. The van der Waals surface area contributed by atoms with E-state index in [2.05, 4.69) is 18.7 Å². The summed E-state index contributed by atoms with van der Waals surface area (Å²) in [7, 11) is 0. The van der Waals surface area contributed by atoms with Crippen molar-refractivity contribution in [2.24, 2.45) is 0 Å². The molecule has 2 N–H and O–H groups in total. The van der Waals surface area contributed by atoms with Crippen LogP contribution in [0.15, 0.2) is 18.2 Å². The van der Waals surface area contributed by atoms with Crippen molar-refractivity contribution >= 4 is 11.4 Å². The van der Waals surface area contributed by atoms with Gasteiger partial charge in [0.25, 0.3) is 0 Å². The predicted octanol–water partition coefficient (Wildman–Crippen LogP) is 5.37. The first-order chi connectivity index (χ1) is 10.2. The van der Waals surface area contributed by atoms with Crippen LogP contribution >= 0.6 is 0 Å². The lowest BCUT2D eigenvalue weighted by atomic mass is 10.1. The van der Waals surface area contributed by atoms with Crippen LogP contribution in [0.25, 0.3) is 0 Å². The van der Waals surface area contributed by atoms with Crippen molar-refractivity contribution in [1.82, 2.24) is 0 Å². The van der Waals surface area contributed by atoms with Gasteiger partial charge in [0, 0.05) is 18.8 Å². The minimum absolute atomic E-state index is 0.194. The predicted molar refractivity (Wildman–Crippen MR) is 91.3 cm³/mol. The minimum atomic E-state index is -0.194. The standard InChI is InChI=1S/C18H31FN2/c1-3-5-7-9-13-21(14-10-8-6-4-2)18-12-11-16(20)15-17(18)19/h11-12,15H,3-10,13-14,20H2,1-2H3. The lowest BCUT2D eigenvalue weighted by Crippen LogP contribution is -2.26. The largest absolute Gasteiger partial charge is 0.399 e. The average molecular weight is 294 g/mol. The highest BCUT2D eigenvalue weighted by molar-refractivity contribution is 5.54. The molecule has 0 bridgehead atoms. The summed E-state index contributed by atoms with van der Waals surface area (Å²) in [5, 5.41) is 0. The van der Waals surface area contributed by atoms with E-state index in [4.69, 9.17) is 5.73 Å². The van der Waals surface area contributed by atoms with Crippen molar-refractivity contribution in [2.75, 3.05) is 23.7 Å². The molecule has 0 heterocycles. The van der Waals surface area contributed by atoms with Gasteiger partial charge in [-0.1, -0.05) is 52.4 Å². The average Bonchev–Trinajstić information content (AvgIpc) is 2.46. The molecule has 3 heteroatoms. The fourth-order valence-corrected chi connectivity index (χ4v) is 2.59. The lowest BCUT2D eigenvalue weighted by molar-refractivity contribution is 0.584. The number of nitrogens with two attached hydrogens (primary N) is 1. The second-order valence-electron chi connectivity index (χ2n) is 5.82. The number of nitrogens with zero attached hydrogens (tertiary/aromatic N) is 1. The van der Waals surface area contributed by atoms with Crippen LogP contribution in [-0.4, -0.2) is 13.1 Å². The number of nitrogen functional groups attached to an aromatic ring is 1. The van der Waals surface area contributed by atoms with Crippen molar-refractivity contribution in [3.05, 3.63) is 24.0 Å². The van der Waals surface area contributed by atoms with Crippen LogP contribution in [0.4, 0.5) is 15.8 Å². The van der Waals surface area contributed by atoms with Crippen LogP contribution in [0.5, 0.6) is 0 Å². The van der Waals surface area contributed by atoms with Crippen LogP contribution in [0.2, 0.25) is 0 Å². The van der Waals surface area contributed by atoms with Crippen LogP contribution in [0, 0.1) is 5.82 Å². The maximum absolute atomic E-state index is 14.1. The molecule has 0 saturated heterocycles. The molecule has 2 nitrogen and oxygen atoms in total. The van der Waals surface area contributed by atoms with Crippen LogP contribution < -0.4 is 10.6 Å². The molecule has 0 amide bonds. The molecule has 0 radical (unpaired) electrons. The number of anilines is 2. The van der Waals surface area contributed by atoms with Crippen molar-refractivity contribution in [3.63, 3.8) is 0 Å². The van der Waals surface area contributed by atoms with Gasteiger partial charge in [0.15, 0.2) is 0 Å². The van der Waals surface area contributed by atoms with E-state index in [0.717, 1.165) is 25.9 Å². The van der Waals surface area contributed by atoms with E-state index >= 15 is 0 Å².